The van der Waals surface area contributed by atoms with E-state index in [0.717, 1.165) is 0 Å². The third-order valence-corrected chi connectivity index (χ3v) is 4.75. The van der Waals surface area contributed by atoms with Crippen LogP contribution in [-0.2, 0) is 9.59 Å². The van der Waals surface area contributed by atoms with Crippen molar-refractivity contribution in [3.05, 3.63) is 55.0 Å². The van der Waals surface area contributed by atoms with Crippen LogP contribution in [0.3, 0.4) is 0 Å². The Bertz CT molecular complexity index is 1030. The fourth-order valence-corrected chi connectivity index (χ4v) is 3.64. The SMILES string of the molecule is O=C1NC(=S)NC(=O)C1[C@H](c1cccc(Br)c1)c1c(O)[nH]c(=S)[nH]c1=O. The minimum Gasteiger partial charge on any atom is -0.494 e. The smallest absolute Gasteiger partial charge is 0.259 e. The summed E-state index contributed by atoms with van der Waals surface area (Å²) in [5.74, 6) is -4.27. The Morgan fingerprint density at radius 2 is 1.73 bits per heavy atom. The number of carbonyl (C=O) groups excluding carboxylic acids is 2. The normalized spacial score (nSPS) is 16.1. The van der Waals surface area contributed by atoms with Gasteiger partial charge < -0.3 is 20.7 Å². The highest BCUT2D eigenvalue weighted by Crippen LogP contribution is 2.36. The maximum Gasteiger partial charge on any atom is 0.259 e. The molecule has 26 heavy (non-hydrogen) atoms. The largest absolute Gasteiger partial charge is 0.494 e. The monoisotopic (exact) mass is 454 g/mol. The molecule has 1 fully saturated rings. The summed E-state index contributed by atoms with van der Waals surface area (Å²) >= 11 is 13.0. The highest BCUT2D eigenvalue weighted by molar-refractivity contribution is 9.10. The quantitative estimate of drug-likeness (QED) is 0.350. The molecule has 8 nitrogen and oxygen atoms in total. The Labute approximate surface area is 165 Å². The number of thiocarbonyl (C=S) groups is 1. The van der Waals surface area contributed by atoms with E-state index in [9.17, 15) is 19.5 Å². The number of hydrogen-bond donors (Lipinski definition) is 5. The Morgan fingerprint density at radius 1 is 1.08 bits per heavy atom. The molecule has 2 aromatic rings. The number of amides is 2. The molecule has 0 spiro atoms. The zero-order valence-electron chi connectivity index (χ0n) is 12.8. The van der Waals surface area contributed by atoms with E-state index in [4.69, 9.17) is 24.4 Å². The lowest BCUT2D eigenvalue weighted by molar-refractivity contribution is -0.135. The van der Waals surface area contributed by atoms with E-state index >= 15 is 0 Å². The standard InChI is InChI=1S/C15H11BrN4O4S2/c16-6-3-1-2-5(4-6)7(8-10(21)17-14(25)18-11(8)22)9-12(23)19-15(26)20-13(9)24/h1-4,7-8H,(H2,17,18,21,22,25)(H3,19,20,23,24,26)/t7-/m0/s1. The van der Waals surface area contributed by atoms with Crippen LogP contribution >= 0.6 is 40.4 Å². The molecule has 1 atom stereocenters. The zero-order chi connectivity index (χ0) is 19.0. The van der Waals surface area contributed by atoms with Gasteiger partial charge in [0.25, 0.3) is 5.56 Å². The van der Waals surface area contributed by atoms with Crippen molar-refractivity contribution in [1.29, 1.82) is 0 Å². The number of carbonyl (C=O) groups is 2. The van der Waals surface area contributed by atoms with Crippen LogP contribution in [0.5, 0.6) is 5.88 Å². The lowest BCUT2D eigenvalue weighted by Gasteiger charge is -2.29. The van der Waals surface area contributed by atoms with Crippen molar-refractivity contribution in [2.75, 3.05) is 0 Å². The van der Waals surface area contributed by atoms with Crippen LogP contribution in [0.2, 0.25) is 0 Å². The second kappa shape index (κ2) is 7.09. The molecule has 3 rings (SSSR count). The molecule has 2 heterocycles. The molecule has 11 heteroatoms. The lowest BCUT2D eigenvalue weighted by atomic mass is 9.79. The van der Waals surface area contributed by atoms with Gasteiger partial charge in [-0.05, 0) is 42.1 Å². The first-order valence-electron chi connectivity index (χ1n) is 7.24. The molecule has 1 aromatic heterocycles. The Kier molecular flexibility index (Phi) is 5.03. The summed E-state index contributed by atoms with van der Waals surface area (Å²) in [4.78, 5) is 42.2. The number of aromatic amines is 2. The van der Waals surface area contributed by atoms with E-state index in [1.807, 2.05) is 0 Å². The summed E-state index contributed by atoms with van der Waals surface area (Å²) in [6, 6.07) is 6.73. The first-order chi connectivity index (χ1) is 12.3. The molecule has 0 bridgehead atoms. The molecule has 1 aromatic carbocycles. The maximum absolute atomic E-state index is 12.5. The van der Waals surface area contributed by atoms with E-state index in [1.54, 1.807) is 24.3 Å². The molecule has 0 saturated carbocycles. The summed E-state index contributed by atoms with van der Waals surface area (Å²) in [6.07, 6.45) is 0. The van der Waals surface area contributed by atoms with Gasteiger partial charge in [-0.25, -0.2) is 0 Å². The molecule has 5 N–H and O–H groups in total. The molecule has 2 amide bonds. The van der Waals surface area contributed by atoms with Crippen LogP contribution in [0.1, 0.15) is 17.0 Å². The minimum absolute atomic E-state index is 0.0806. The average molecular weight is 455 g/mol. The lowest BCUT2D eigenvalue weighted by Crippen LogP contribution is -2.57. The molecular formula is C15H11BrN4O4S2. The molecule has 0 unspecified atom stereocenters. The number of H-pyrrole nitrogens is 2. The number of halogens is 1. The highest BCUT2D eigenvalue weighted by atomic mass is 79.9. The number of nitrogens with one attached hydrogen (secondary N) is 4. The first-order valence-corrected chi connectivity index (χ1v) is 8.85. The van der Waals surface area contributed by atoms with Crippen LogP contribution < -0.4 is 16.2 Å². The van der Waals surface area contributed by atoms with Gasteiger partial charge in [0.05, 0.1) is 5.56 Å². The third-order valence-electron chi connectivity index (χ3n) is 3.85. The minimum atomic E-state index is -1.33. The third kappa shape index (κ3) is 3.45. The fraction of sp³-hybridized carbons (Fsp3) is 0.133. The summed E-state index contributed by atoms with van der Waals surface area (Å²) in [5, 5.41) is 14.9. The summed E-state index contributed by atoms with van der Waals surface area (Å²) in [5.41, 5.74) is -0.418. The van der Waals surface area contributed by atoms with Crippen molar-refractivity contribution in [2.45, 2.75) is 5.92 Å². The van der Waals surface area contributed by atoms with E-state index in [0.29, 0.717) is 10.0 Å². The van der Waals surface area contributed by atoms with Crippen LogP contribution in [0.15, 0.2) is 33.5 Å². The summed E-state index contributed by atoms with van der Waals surface area (Å²) in [7, 11) is 0. The van der Waals surface area contributed by atoms with E-state index < -0.39 is 35.1 Å². The highest BCUT2D eigenvalue weighted by Gasteiger charge is 2.43. The number of aromatic hydroxyl groups is 1. The van der Waals surface area contributed by atoms with Gasteiger partial charge in [-0.3, -0.25) is 19.4 Å². The van der Waals surface area contributed by atoms with Crippen LogP contribution in [0.25, 0.3) is 0 Å². The van der Waals surface area contributed by atoms with Crippen molar-refractivity contribution in [3.8, 4) is 5.88 Å². The van der Waals surface area contributed by atoms with Gasteiger partial charge in [0.1, 0.15) is 5.92 Å². The molecule has 1 aliphatic heterocycles. The van der Waals surface area contributed by atoms with Crippen LogP contribution in [-0.4, -0.2) is 32.0 Å². The Balaban J connectivity index is 2.26. The fourth-order valence-electron chi connectivity index (χ4n) is 2.83. The van der Waals surface area contributed by atoms with E-state index in [2.05, 4.69) is 36.5 Å². The van der Waals surface area contributed by atoms with Gasteiger partial charge in [-0.1, -0.05) is 28.1 Å². The van der Waals surface area contributed by atoms with Crippen LogP contribution in [0, 0.1) is 10.7 Å². The number of aromatic nitrogens is 2. The predicted octanol–water partition coefficient (Wildman–Crippen LogP) is 1.18. The van der Waals surface area contributed by atoms with E-state index in [1.165, 1.54) is 0 Å². The van der Waals surface area contributed by atoms with E-state index in [-0.39, 0.29) is 15.4 Å². The maximum atomic E-state index is 12.5. The topological polar surface area (TPSA) is 127 Å². The van der Waals surface area contributed by atoms with Crippen LogP contribution in [0.4, 0.5) is 0 Å². The molecule has 1 saturated heterocycles. The number of rotatable bonds is 3. The Morgan fingerprint density at radius 3 is 2.31 bits per heavy atom. The predicted molar refractivity (Wildman–Crippen MR) is 102 cm³/mol. The first kappa shape index (κ1) is 18.4. The van der Waals surface area contributed by atoms with Gasteiger partial charge in [0.2, 0.25) is 11.8 Å². The molecule has 1 aliphatic rings. The van der Waals surface area contributed by atoms with Gasteiger partial charge in [0.15, 0.2) is 15.8 Å². The Hall–Kier alpha value is -2.37. The van der Waals surface area contributed by atoms with Gasteiger partial charge in [0, 0.05) is 10.4 Å². The molecule has 0 radical (unpaired) electrons. The number of benzene rings is 1. The second-order valence-corrected chi connectivity index (χ2v) is 7.22. The van der Waals surface area contributed by atoms with Crippen molar-refractivity contribution in [2.24, 2.45) is 5.92 Å². The van der Waals surface area contributed by atoms with Gasteiger partial charge >= 0.3 is 0 Å². The molecule has 134 valence electrons. The summed E-state index contributed by atoms with van der Waals surface area (Å²) in [6.45, 7) is 0. The van der Waals surface area contributed by atoms with Gasteiger partial charge in [-0.15, -0.1) is 0 Å². The van der Waals surface area contributed by atoms with Gasteiger partial charge in [-0.2, -0.15) is 0 Å². The van der Waals surface area contributed by atoms with Crippen molar-refractivity contribution >= 4 is 57.3 Å². The van der Waals surface area contributed by atoms with Crippen molar-refractivity contribution in [1.82, 2.24) is 20.6 Å². The molecular weight excluding hydrogens is 444 g/mol. The molecule has 0 aliphatic carbocycles. The van der Waals surface area contributed by atoms with Crippen molar-refractivity contribution in [3.63, 3.8) is 0 Å². The van der Waals surface area contributed by atoms with Crippen molar-refractivity contribution < 1.29 is 14.7 Å². The zero-order valence-corrected chi connectivity index (χ0v) is 16.0. The summed E-state index contributed by atoms with van der Waals surface area (Å²) < 4.78 is 0.593. The second-order valence-electron chi connectivity index (χ2n) is 5.49. The number of hydrogen-bond acceptors (Lipinski definition) is 6. The average Bonchev–Trinajstić information content (AvgIpc) is 2.51.